The highest BCUT2D eigenvalue weighted by atomic mass is 16.5. The summed E-state index contributed by atoms with van der Waals surface area (Å²) in [6.07, 6.45) is 0. The van der Waals surface area contributed by atoms with Gasteiger partial charge in [-0.15, -0.1) is 0 Å². The number of benzene rings is 3. The predicted octanol–water partition coefficient (Wildman–Crippen LogP) is 4.19. The van der Waals surface area contributed by atoms with Gasteiger partial charge in [0.25, 0.3) is 5.91 Å². The van der Waals surface area contributed by atoms with E-state index >= 15 is 0 Å². The Labute approximate surface area is 136 Å². The average Bonchev–Trinajstić information content (AvgIpc) is 2.58. The molecule has 0 aromatic heterocycles. The number of aryl methyl sites for hydroxylation is 1. The van der Waals surface area contributed by atoms with Crippen LogP contribution in [0.1, 0.15) is 5.56 Å². The Morgan fingerprint density at radius 2 is 1.74 bits per heavy atom. The molecule has 0 saturated carbocycles. The van der Waals surface area contributed by atoms with Crippen molar-refractivity contribution in [2.45, 2.75) is 6.92 Å². The molecule has 23 heavy (non-hydrogen) atoms. The minimum atomic E-state index is -0.0799. The summed E-state index contributed by atoms with van der Waals surface area (Å²) >= 11 is 0. The number of nitrogens with zero attached hydrogens (tertiary/aromatic N) is 1. The first-order valence-electron chi connectivity index (χ1n) is 7.58. The van der Waals surface area contributed by atoms with E-state index in [1.54, 1.807) is 11.9 Å². The molecule has 0 fully saturated rings. The molecule has 0 N–H and O–H groups in total. The normalized spacial score (nSPS) is 10.5. The van der Waals surface area contributed by atoms with E-state index in [0.29, 0.717) is 5.75 Å². The molecule has 116 valence electrons. The number of carbonyl (C=O) groups is 1. The van der Waals surface area contributed by atoms with Gasteiger partial charge in [0.05, 0.1) is 0 Å². The fraction of sp³-hybridized carbons (Fsp3) is 0.150. The summed E-state index contributed by atoms with van der Waals surface area (Å²) in [5.74, 6) is 0.624. The summed E-state index contributed by atoms with van der Waals surface area (Å²) in [5.41, 5.74) is 2.00. The van der Waals surface area contributed by atoms with Gasteiger partial charge in [0.2, 0.25) is 0 Å². The fourth-order valence-corrected chi connectivity index (χ4v) is 2.48. The first-order valence-corrected chi connectivity index (χ1v) is 7.58. The molecule has 3 aromatic rings. The van der Waals surface area contributed by atoms with Crippen LogP contribution in [0.5, 0.6) is 5.75 Å². The molecular formula is C20H19NO2. The van der Waals surface area contributed by atoms with Crippen LogP contribution in [0.2, 0.25) is 0 Å². The third-order valence-corrected chi connectivity index (χ3v) is 3.85. The lowest BCUT2D eigenvalue weighted by molar-refractivity contribution is -0.120. The maximum Gasteiger partial charge on any atom is 0.264 e. The largest absolute Gasteiger partial charge is 0.484 e. The second-order valence-corrected chi connectivity index (χ2v) is 5.59. The summed E-state index contributed by atoms with van der Waals surface area (Å²) in [5, 5.41) is 2.26. The van der Waals surface area contributed by atoms with Crippen LogP contribution in [-0.2, 0) is 4.79 Å². The van der Waals surface area contributed by atoms with Crippen molar-refractivity contribution in [3.05, 3.63) is 72.3 Å². The number of hydrogen-bond donors (Lipinski definition) is 0. The average molecular weight is 305 g/mol. The van der Waals surface area contributed by atoms with Gasteiger partial charge in [0.1, 0.15) is 5.75 Å². The number of fused-ring (bicyclic) bond motifs is 1. The van der Waals surface area contributed by atoms with Crippen molar-refractivity contribution in [2.75, 3.05) is 18.6 Å². The molecule has 3 nitrogen and oxygen atoms in total. The highest BCUT2D eigenvalue weighted by Gasteiger charge is 2.12. The number of ether oxygens (including phenoxy) is 1. The number of amides is 1. The zero-order valence-corrected chi connectivity index (χ0v) is 13.3. The molecule has 3 aromatic carbocycles. The molecule has 0 radical (unpaired) electrons. The zero-order valence-electron chi connectivity index (χ0n) is 13.3. The quantitative estimate of drug-likeness (QED) is 0.723. The fourth-order valence-electron chi connectivity index (χ4n) is 2.48. The maximum absolute atomic E-state index is 12.3. The van der Waals surface area contributed by atoms with E-state index in [-0.39, 0.29) is 12.5 Å². The lowest BCUT2D eigenvalue weighted by atomic mass is 10.1. The van der Waals surface area contributed by atoms with Gasteiger partial charge in [-0.05, 0) is 47.5 Å². The first-order chi connectivity index (χ1) is 11.1. The molecule has 0 bridgehead atoms. The third kappa shape index (κ3) is 3.51. The van der Waals surface area contributed by atoms with Gasteiger partial charge in [-0.2, -0.15) is 0 Å². The number of carbonyl (C=O) groups excluding carboxylic acids is 1. The monoisotopic (exact) mass is 305 g/mol. The lowest BCUT2D eigenvalue weighted by Crippen LogP contribution is -2.31. The molecular weight excluding hydrogens is 286 g/mol. The van der Waals surface area contributed by atoms with E-state index in [1.807, 2.05) is 67.6 Å². The van der Waals surface area contributed by atoms with E-state index in [4.69, 9.17) is 4.74 Å². The summed E-state index contributed by atoms with van der Waals surface area (Å²) in [7, 11) is 1.76. The Bertz CT molecular complexity index is 842. The lowest BCUT2D eigenvalue weighted by Gasteiger charge is -2.18. The molecule has 3 heteroatoms. The van der Waals surface area contributed by atoms with Crippen molar-refractivity contribution in [1.29, 1.82) is 0 Å². The van der Waals surface area contributed by atoms with Crippen molar-refractivity contribution in [3.63, 3.8) is 0 Å². The molecule has 0 aliphatic carbocycles. The van der Waals surface area contributed by atoms with Gasteiger partial charge in [-0.1, -0.05) is 42.5 Å². The Hall–Kier alpha value is -2.81. The van der Waals surface area contributed by atoms with Gasteiger partial charge >= 0.3 is 0 Å². The number of anilines is 1. The standard InChI is InChI=1S/C20H19NO2/c1-15-6-5-9-18(12-15)21(2)20(22)14-23-19-11-10-16-7-3-4-8-17(16)13-19/h3-13H,14H2,1-2H3. The Morgan fingerprint density at radius 3 is 2.52 bits per heavy atom. The molecule has 0 unspecified atom stereocenters. The summed E-state index contributed by atoms with van der Waals surface area (Å²) in [6, 6.07) is 21.8. The van der Waals surface area contributed by atoms with Crippen LogP contribution in [0.25, 0.3) is 10.8 Å². The van der Waals surface area contributed by atoms with Crippen LogP contribution in [0.15, 0.2) is 66.7 Å². The molecule has 0 heterocycles. The molecule has 0 saturated heterocycles. The SMILES string of the molecule is Cc1cccc(N(C)C(=O)COc2ccc3ccccc3c2)c1. The Kier molecular flexibility index (Phi) is 4.29. The van der Waals surface area contributed by atoms with Crippen molar-refractivity contribution < 1.29 is 9.53 Å². The van der Waals surface area contributed by atoms with E-state index < -0.39 is 0 Å². The molecule has 3 rings (SSSR count). The summed E-state index contributed by atoms with van der Waals surface area (Å²) in [4.78, 5) is 13.9. The van der Waals surface area contributed by atoms with Crippen LogP contribution in [0.3, 0.4) is 0 Å². The van der Waals surface area contributed by atoms with Crippen LogP contribution in [0, 0.1) is 6.92 Å². The van der Waals surface area contributed by atoms with Crippen LogP contribution in [-0.4, -0.2) is 19.6 Å². The van der Waals surface area contributed by atoms with Gasteiger partial charge in [-0.25, -0.2) is 0 Å². The van der Waals surface area contributed by atoms with Crippen LogP contribution in [0.4, 0.5) is 5.69 Å². The van der Waals surface area contributed by atoms with Crippen molar-refractivity contribution >= 4 is 22.4 Å². The zero-order chi connectivity index (χ0) is 16.2. The van der Waals surface area contributed by atoms with E-state index in [0.717, 1.165) is 22.0 Å². The van der Waals surface area contributed by atoms with E-state index in [2.05, 4.69) is 6.07 Å². The second-order valence-electron chi connectivity index (χ2n) is 5.59. The smallest absolute Gasteiger partial charge is 0.264 e. The van der Waals surface area contributed by atoms with Crippen LogP contribution < -0.4 is 9.64 Å². The van der Waals surface area contributed by atoms with Gasteiger partial charge in [-0.3, -0.25) is 4.79 Å². The minimum absolute atomic E-state index is 0.0166. The van der Waals surface area contributed by atoms with E-state index in [9.17, 15) is 4.79 Å². The highest BCUT2D eigenvalue weighted by molar-refractivity contribution is 5.94. The maximum atomic E-state index is 12.3. The van der Waals surface area contributed by atoms with E-state index in [1.165, 1.54) is 0 Å². The molecule has 0 aliphatic rings. The Balaban J connectivity index is 1.67. The molecule has 1 amide bonds. The minimum Gasteiger partial charge on any atom is -0.484 e. The molecule has 0 spiro atoms. The van der Waals surface area contributed by atoms with Gasteiger partial charge < -0.3 is 9.64 Å². The van der Waals surface area contributed by atoms with Crippen molar-refractivity contribution in [3.8, 4) is 5.75 Å². The summed E-state index contributed by atoms with van der Waals surface area (Å²) < 4.78 is 5.66. The number of rotatable bonds is 4. The first kappa shape index (κ1) is 15.1. The predicted molar refractivity (Wildman–Crippen MR) is 94.0 cm³/mol. The third-order valence-electron chi connectivity index (χ3n) is 3.85. The topological polar surface area (TPSA) is 29.5 Å². The second kappa shape index (κ2) is 6.53. The number of likely N-dealkylation sites (N-methyl/N-ethyl adjacent to an activating group) is 1. The highest BCUT2D eigenvalue weighted by Crippen LogP contribution is 2.21. The van der Waals surface area contributed by atoms with Crippen LogP contribution >= 0.6 is 0 Å². The molecule has 0 aliphatic heterocycles. The van der Waals surface area contributed by atoms with Crippen molar-refractivity contribution in [2.24, 2.45) is 0 Å². The number of hydrogen-bond acceptors (Lipinski definition) is 2. The Morgan fingerprint density at radius 1 is 0.957 bits per heavy atom. The molecule has 0 atom stereocenters. The van der Waals surface area contributed by atoms with Gasteiger partial charge in [0.15, 0.2) is 6.61 Å². The van der Waals surface area contributed by atoms with Gasteiger partial charge in [0, 0.05) is 12.7 Å². The van der Waals surface area contributed by atoms with Crippen molar-refractivity contribution in [1.82, 2.24) is 0 Å². The summed E-state index contributed by atoms with van der Waals surface area (Å²) in [6.45, 7) is 2.02.